The van der Waals surface area contributed by atoms with Gasteiger partial charge in [-0.3, -0.25) is 19.3 Å². The molecule has 31 heavy (non-hydrogen) atoms. The van der Waals surface area contributed by atoms with Gasteiger partial charge >= 0.3 is 12.0 Å². The summed E-state index contributed by atoms with van der Waals surface area (Å²) in [6, 6.07) is -0.529. The molecule has 0 bridgehead atoms. The number of nitrogens with zero attached hydrogens (tertiary/aromatic N) is 2. The van der Waals surface area contributed by atoms with Gasteiger partial charge in [0.25, 0.3) is 5.91 Å². The number of thiazole rings is 1. The van der Waals surface area contributed by atoms with Crippen molar-refractivity contribution in [2.75, 3.05) is 19.0 Å². The predicted octanol–water partition coefficient (Wildman–Crippen LogP) is 2.71. The molecule has 2 heterocycles. The van der Waals surface area contributed by atoms with Crippen LogP contribution in [0.4, 0.5) is 9.93 Å². The van der Waals surface area contributed by atoms with Gasteiger partial charge in [0, 0.05) is 5.38 Å². The van der Waals surface area contributed by atoms with E-state index in [4.69, 9.17) is 0 Å². The molecule has 0 aromatic carbocycles. The minimum absolute atomic E-state index is 0.00817. The van der Waals surface area contributed by atoms with E-state index in [0.29, 0.717) is 29.6 Å². The molecule has 9 nitrogen and oxygen atoms in total. The molecule has 1 aromatic heterocycles. The second-order valence-electron chi connectivity index (χ2n) is 8.97. The number of esters is 1. The molecule has 2 N–H and O–H groups in total. The number of ether oxygens (including phenoxy) is 1. The van der Waals surface area contributed by atoms with Crippen LogP contribution in [0.15, 0.2) is 5.38 Å². The zero-order valence-corrected chi connectivity index (χ0v) is 19.3. The van der Waals surface area contributed by atoms with Crippen LogP contribution in [0.25, 0.3) is 0 Å². The zero-order valence-electron chi connectivity index (χ0n) is 18.4. The Hall–Kier alpha value is -2.49. The number of carbonyl (C=O) groups excluding carboxylic acids is 4. The maximum atomic E-state index is 13.1. The van der Waals surface area contributed by atoms with Crippen LogP contribution >= 0.6 is 11.3 Å². The van der Waals surface area contributed by atoms with Gasteiger partial charge in [-0.1, -0.05) is 27.2 Å². The highest BCUT2D eigenvalue weighted by molar-refractivity contribution is 7.13. The Balaban J connectivity index is 1.58. The molecule has 3 rings (SSSR count). The molecule has 1 spiro atoms. The first-order valence-corrected chi connectivity index (χ1v) is 11.4. The van der Waals surface area contributed by atoms with Crippen LogP contribution in [0, 0.1) is 11.3 Å². The third-order valence-corrected chi connectivity index (χ3v) is 7.56. The van der Waals surface area contributed by atoms with Crippen molar-refractivity contribution in [3.05, 3.63) is 11.1 Å². The highest BCUT2D eigenvalue weighted by atomic mass is 32.1. The average Bonchev–Trinajstić information content (AvgIpc) is 3.25. The second-order valence-corrected chi connectivity index (χ2v) is 9.82. The molecule has 1 saturated heterocycles. The minimum atomic E-state index is -0.896. The lowest BCUT2D eigenvalue weighted by Crippen LogP contribution is -2.51. The Bertz CT molecular complexity index is 873. The standard InChI is InChI=1S/C21H30N4O5S/c1-5-20(2,3)13-6-8-21(9-7-13)17(28)25(19(29)24-21)11-15(26)23-18-22-14(12-31-18)10-16(27)30-4/h12-13H,5-11H2,1-4H3,(H,24,29)(H,22,23,26). The number of hydrogen-bond acceptors (Lipinski definition) is 7. The quantitative estimate of drug-likeness (QED) is 0.487. The summed E-state index contributed by atoms with van der Waals surface area (Å²) in [4.78, 5) is 54.4. The van der Waals surface area contributed by atoms with E-state index in [9.17, 15) is 19.2 Å². The van der Waals surface area contributed by atoms with Crippen LogP contribution in [0.2, 0.25) is 0 Å². The fraction of sp³-hybridized carbons (Fsp3) is 0.667. The number of amides is 4. The molecule has 10 heteroatoms. The van der Waals surface area contributed by atoms with E-state index >= 15 is 0 Å². The number of urea groups is 1. The number of carbonyl (C=O) groups is 4. The molecule has 2 aliphatic rings. The summed E-state index contributed by atoms with van der Waals surface area (Å²) in [5.41, 5.74) is -0.215. The number of hydrogen-bond donors (Lipinski definition) is 2. The second kappa shape index (κ2) is 8.94. The summed E-state index contributed by atoms with van der Waals surface area (Å²) in [7, 11) is 1.29. The number of aromatic nitrogens is 1. The van der Waals surface area contributed by atoms with Crippen LogP contribution in [0.5, 0.6) is 0 Å². The zero-order chi connectivity index (χ0) is 22.8. The van der Waals surface area contributed by atoms with E-state index in [-0.39, 0.29) is 24.3 Å². The largest absolute Gasteiger partial charge is 0.469 e. The molecule has 1 aliphatic heterocycles. The third-order valence-electron chi connectivity index (χ3n) is 6.75. The molecule has 1 aliphatic carbocycles. The summed E-state index contributed by atoms with van der Waals surface area (Å²) in [6.45, 7) is 6.30. The summed E-state index contributed by atoms with van der Waals surface area (Å²) < 4.78 is 4.59. The predicted molar refractivity (Wildman–Crippen MR) is 115 cm³/mol. The van der Waals surface area contributed by atoms with Crippen LogP contribution in [-0.4, -0.2) is 52.9 Å². The molecular weight excluding hydrogens is 420 g/mol. The first kappa shape index (κ1) is 23.2. The van der Waals surface area contributed by atoms with Gasteiger partial charge in [-0.15, -0.1) is 11.3 Å². The van der Waals surface area contributed by atoms with E-state index in [2.05, 4.69) is 41.1 Å². The van der Waals surface area contributed by atoms with Gasteiger partial charge in [0.05, 0.1) is 19.2 Å². The molecule has 170 valence electrons. The lowest BCUT2D eigenvalue weighted by atomic mass is 9.65. The van der Waals surface area contributed by atoms with Crippen molar-refractivity contribution < 1.29 is 23.9 Å². The number of rotatable bonds is 7. The molecule has 1 saturated carbocycles. The van der Waals surface area contributed by atoms with E-state index in [0.717, 1.165) is 35.5 Å². The van der Waals surface area contributed by atoms with Gasteiger partial charge in [0.2, 0.25) is 5.91 Å². The van der Waals surface area contributed by atoms with E-state index < -0.39 is 23.4 Å². The van der Waals surface area contributed by atoms with Crippen molar-refractivity contribution in [2.45, 2.75) is 64.8 Å². The van der Waals surface area contributed by atoms with Crippen molar-refractivity contribution in [2.24, 2.45) is 11.3 Å². The summed E-state index contributed by atoms with van der Waals surface area (Å²) in [6.07, 6.45) is 3.99. The van der Waals surface area contributed by atoms with Gasteiger partial charge in [0.1, 0.15) is 12.1 Å². The van der Waals surface area contributed by atoms with Crippen molar-refractivity contribution >= 4 is 40.3 Å². The van der Waals surface area contributed by atoms with E-state index in [1.807, 2.05) is 0 Å². The summed E-state index contributed by atoms with van der Waals surface area (Å²) in [5, 5.41) is 7.39. The first-order valence-electron chi connectivity index (χ1n) is 10.6. The first-order chi connectivity index (χ1) is 14.6. The van der Waals surface area contributed by atoms with Crippen LogP contribution in [-0.2, 0) is 25.5 Å². The van der Waals surface area contributed by atoms with Crippen LogP contribution in [0.3, 0.4) is 0 Å². The smallest absolute Gasteiger partial charge is 0.325 e. The third kappa shape index (κ3) is 4.89. The van der Waals surface area contributed by atoms with Crippen molar-refractivity contribution in [3.63, 3.8) is 0 Å². The fourth-order valence-corrected chi connectivity index (χ4v) is 5.03. The van der Waals surface area contributed by atoms with Gasteiger partial charge in [-0.2, -0.15) is 0 Å². The van der Waals surface area contributed by atoms with Gasteiger partial charge in [-0.05, 0) is 37.0 Å². The van der Waals surface area contributed by atoms with Crippen molar-refractivity contribution in [3.8, 4) is 0 Å². The molecule has 4 amide bonds. The van der Waals surface area contributed by atoms with E-state index in [1.165, 1.54) is 7.11 Å². The van der Waals surface area contributed by atoms with Crippen LogP contribution < -0.4 is 10.6 Å². The Morgan fingerprint density at radius 1 is 1.35 bits per heavy atom. The van der Waals surface area contributed by atoms with Gasteiger partial charge in [-0.25, -0.2) is 9.78 Å². The molecule has 1 aromatic rings. The molecule has 0 radical (unpaired) electrons. The minimum Gasteiger partial charge on any atom is -0.469 e. The molecule has 0 atom stereocenters. The summed E-state index contributed by atoms with van der Waals surface area (Å²) >= 11 is 1.16. The van der Waals surface area contributed by atoms with Gasteiger partial charge in [0.15, 0.2) is 5.13 Å². The number of imide groups is 1. The normalized spacial score (nSPS) is 23.7. The summed E-state index contributed by atoms with van der Waals surface area (Å²) in [5.74, 6) is -0.759. The molecular formula is C21H30N4O5S. The molecule has 2 fully saturated rings. The van der Waals surface area contributed by atoms with Crippen molar-refractivity contribution in [1.82, 2.24) is 15.2 Å². The maximum Gasteiger partial charge on any atom is 0.325 e. The number of nitrogens with one attached hydrogen (secondary N) is 2. The maximum absolute atomic E-state index is 13.1. The fourth-order valence-electron chi connectivity index (χ4n) is 4.31. The number of anilines is 1. The Kier molecular flexibility index (Phi) is 6.68. The highest BCUT2D eigenvalue weighted by Crippen LogP contribution is 2.45. The topological polar surface area (TPSA) is 118 Å². The Morgan fingerprint density at radius 2 is 2.03 bits per heavy atom. The lowest BCUT2D eigenvalue weighted by molar-refractivity contribution is -0.139. The van der Waals surface area contributed by atoms with E-state index in [1.54, 1.807) is 5.38 Å². The van der Waals surface area contributed by atoms with Crippen LogP contribution in [0.1, 0.15) is 58.6 Å². The Morgan fingerprint density at radius 3 is 2.65 bits per heavy atom. The number of methoxy groups -OCH3 is 1. The highest BCUT2D eigenvalue weighted by Gasteiger charge is 2.53. The lowest BCUT2D eigenvalue weighted by Gasteiger charge is -2.42. The SMILES string of the molecule is CCC(C)(C)C1CCC2(CC1)NC(=O)N(CC(=O)Nc1nc(CC(=O)OC)cs1)C2=O. The van der Waals surface area contributed by atoms with Crippen molar-refractivity contribution in [1.29, 1.82) is 0 Å². The van der Waals surface area contributed by atoms with Gasteiger partial charge < -0.3 is 15.4 Å². The average molecular weight is 451 g/mol. The Labute approximate surface area is 185 Å². The molecule has 0 unspecified atom stereocenters. The monoisotopic (exact) mass is 450 g/mol.